The van der Waals surface area contributed by atoms with E-state index in [1.54, 1.807) is 0 Å². The van der Waals surface area contributed by atoms with Crippen molar-refractivity contribution in [2.45, 2.75) is 13.0 Å². The maximum absolute atomic E-state index is 10.4. The number of rotatable bonds is 5. The molecule has 192 valence electrons. The van der Waals surface area contributed by atoms with E-state index in [0.29, 0.717) is 0 Å². The van der Waals surface area contributed by atoms with Gasteiger partial charge in [-0.05, 0) is 49.4 Å². The van der Waals surface area contributed by atoms with Crippen LogP contribution < -0.4 is 0 Å². The van der Waals surface area contributed by atoms with Crippen LogP contribution in [0.15, 0.2) is 60.7 Å². The van der Waals surface area contributed by atoms with E-state index in [0.717, 1.165) is 18.2 Å². The third-order valence-corrected chi connectivity index (χ3v) is 3.56. The normalized spacial score (nSPS) is 11.8. The van der Waals surface area contributed by atoms with E-state index < -0.39 is 41.9 Å². The van der Waals surface area contributed by atoms with Crippen LogP contribution in [-0.4, -0.2) is 79.2 Å². The Kier molecular flexibility index (Phi) is 13.7. The van der Waals surface area contributed by atoms with Crippen molar-refractivity contribution >= 4 is 35.8 Å². The van der Waals surface area contributed by atoms with Crippen molar-refractivity contribution in [1.29, 1.82) is 0 Å². The average molecular weight is 506 g/mol. The van der Waals surface area contributed by atoms with Gasteiger partial charge in [0, 0.05) is 12.2 Å². The molecular weight excluding hydrogens is 484 g/mol. The van der Waals surface area contributed by atoms with Crippen LogP contribution in [0.5, 0.6) is 0 Å². The molecule has 0 aromatic heterocycles. The number of aliphatic hydroxyl groups is 2. The molecule has 0 saturated heterocycles. The fourth-order valence-corrected chi connectivity index (χ4v) is 1.84. The summed E-state index contributed by atoms with van der Waals surface area (Å²) in [6.45, 7) is 1.39. The first kappa shape index (κ1) is 31.1. The summed E-state index contributed by atoms with van der Waals surface area (Å²) in [6.07, 6.45) is 1.61. The number of aromatic carboxylic acids is 4. The number of carbonyl (C=O) groups is 6. The second-order valence-electron chi connectivity index (χ2n) is 6.48. The zero-order valence-corrected chi connectivity index (χ0v) is 18.6. The number of carboxylic acid groups (broad SMARTS) is 4. The number of ether oxygens (including phenoxy) is 1. The number of carbonyl (C=O) groups excluding carboxylic acids is 2. The van der Waals surface area contributed by atoms with E-state index in [2.05, 4.69) is 4.74 Å². The largest absolute Gasteiger partial charge is 0.478 e. The highest BCUT2D eigenvalue weighted by molar-refractivity contribution is 6.05. The predicted octanol–water partition coefficient (Wildman–Crippen LogP) is 1.15. The minimum Gasteiger partial charge on any atom is -0.478 e. The molecular formula is C23H22O13. The lowest BCUT2D eigenvalue weighted by molar-refractivity contribution is -0.150. The number of hydrogen-bond acceptors (Lipinski definition) is 9. The molecule has 1 aliphatic heterocycles. The quantitative estimate of drug-likeness (QED) is 0.247. The van der Waals surface area contributed by atoms with Crippen molar-refractivity contribution in [2.24, 2.45) is 0 Å². The fraction of sp³-hybridized carbons (Fsp3) is 0.130. The van der Waals surface area contributed by atoms with Gasteiger partial charge in [-0.25, -0.2) is 28.8 Å². The first-order valence-electron chi connectivity index (χ1n) is 9.64. The molecule has 3 rings (SSSR count). The third kappa shape index (κ3) is 13.0. The lowest BCUT2D eigenvalue weighted by Gasteiger charge is -1.95. The van der Waals surface area contributed by atoms with Crippen LogP contribution in [0.4, 0.5) is 0 Å². The lowest BCUT2D eigenvalue weighted by Crippen LogP contribution is -2.03. The van der Waals surface area contributed by atoms with Crippen molar-refractivity contribution in [3.8, 4) is 0 Å². The highest BCUT2D eigenvalue weighted by atomic mass is 16.6. The van der Waals surface area contributed by atoms with E-state index in [9.17, 15) is 28.8 Å². The Labute approximate surface area is 203 Å². The molecule has 13 nitrogen and oxygen atoms in total. The minimum absolute atomic E-state index is 0.0186. The Morgan fingerprint density at radius 2 is 1.00 bits per heavy atom. The van der Waals surface area contributed by atoms with Crippen LogP contribution in [0.25, 0.3) is 0 Å². The Hall–Kier alpha value is -4.88. The molecule has 36 heavy (non-hydrogen) atoms. The van der Waals surface area contributed by atoms with Gasteiger partial charge < -0.3 is 35.4 Å². The summed E-state index contributed by atoms with van der Waals surface area (Å²) in [5.41, 5.74) is 0.129. The van der Waals surface area contributed by atoms with Crippen LogP contribution in [-0.2, 0) is 14.3 Å². The summed E-state index contributed by atoms with van der Waals surface area (Å²) in [7, 11) is 0. The van der Waals surface area contributed by atoms with Gasteiger partial charge in [0.25, 0.3) is 0 Å². The van der Waals surface area contributed by atoms with E-state index >= 15 is 0 Å². The SMILES string of the molecule is CC(O)CO.O=C(O)c1ccc(C(=O)O)cc1.O=C(O)c1cccc(C(=O)O)c1.O=C1C=CC(=O)O1. The second-order valence-corrected chi connectivity index (χ2v) is 6.48. The van der Waals surface area contributed by atoms with Gasteiger partial charge in [0.05, 0.1) is 35.0 Å². The zero-order chi connectivity index (χ0) is 27.8. The molecule has 0 aliphatic carbocycles. The van der Waals surface area contributed by atoms with Gasteiger partial charge >= 0.3 is 35.8 Å². The molecule has 0 saturated carbocycles. The summed E-state index contributed by atoms with van der Waals surface area (Å²) < 4.78 is 3.97. The second kappa shape index (κ2) is 15.9. The molecule has 0 bridgehead atoms. The van der Waals surface area contributed by atoms with Gasteiger partial charge in [-0.1, -0.05) is 6.07 Å². The molecule has 13 heteroatoms. The summed E-state index contributed by atoms with van der Waals surface area (Å²) in [5.74, 6) is -5.54. The summed E-state index contributed by atoms with van der Waals surface area (Å²) in [5, 5.41) is 49.9. The van der Waals surface area contributed by atoms with Crippen molar-refractivity contribution < 1.29 is 64.1 Å². The molecule has 0 amide bonds. The molecule has 1 atom stereocenters. The van der Waals surface area contributed by atoms with Crippen LogP contribution in [0.3, 0.4) is 0 Å². The highest BCUT2D eigenvalue weighted by Crippen LogP contribution is 2.05. The predicted molar refractivity (Wildman–Crippen MR) is 120 cm³/mol. The third-order valence-electron chi connectivity index (χ3n) is 3.56. The van der Waals surface area contributed by atoms with Crippen molar-refractivity contribution in [3.05, 3.63) is 82.9 Å². The van der Waals surface area contributed by atoms with Gasteiger partial charge in [-0.3, -0.25) is 0 Å². The Balaban J connectivity index is 0.000000480. The molecule has 2 aromatic carbocycles. The average Bonchev–Trinajstić information content (AvgIpc) is 3.22. The number of carboxylic acids is 4. The summed E-state index contributed by atoms with van der Waals surface area (Å²) in [4.78, 5) is 61.3. The number of esters is 2. The van der Waals surface area contributed by atoms with E-state index in [4.69, 9.17) is 30.6 Å². The van der Waals surface area contributed by atoms with Gasteiger partial charge in [0.2, 0.25) is 0 Å². The molecule has 0 radical (unpaired) electrons. The molecule has 0 fully saturated rings. The number of benzene rings is 2. The zero-order valence-electron chi connectivity index (χ0n) is 18.6. The smallest absolute Gasteiger partial charge is 0.338 e. The van der Waals surface area contributed by atoms with Crippen molar-refractivity contribution in [1.82, 2.24) is 0 Å². The van der Waals surface area contributed by atoms with E-state index in [1.807, 2.05) is 0 Å². The monoisotopic (exact) mass is 506 g/mol. The van der Waals surface area contributed by atoms with Gasteiger partial charge in [-0.15, -0.1) is 0 Å². The molecule has 1 aliphatic rings. The number of cyclic esters (lactones) is 2. The van der Waals surface area contributed by atoms with Crippen LogP contribution in [0.1, 0.15) is 48.4 Å². The maximum atomic E-state index is 10.4. The fourth-order valence-electron chi connectivity index (χ4n) is 1.84. The van der Waals surface area contributed by atoms with Gasteiger partial charge in [-0.2, -0.15) is 0 Å². The van der Waals surface area contributed by atoms with Crippen LogP contribution in [0, 0.1) is 0 Å². The minimum atomic E-state index is -1.13. The standard InChI is InChI=1S/2C8H6O4.C4H2O3.C3H8O2/c9-7(10)5-1-2-6(4-3-5)8(11)12;9-7(10)5-2-1-3-6(4-5)8(11)12;5-3-1-2-4(6)7-3;1-3(5)2-4/h2*1-4H,(H,9,10)(H,11,12);1-2H;3-5H,2H2,1H3. The Morgan fingerprint density at radius 1 is 0.694 bits per heavy atom. The number of hydrogen-bond donors (Lipinski definition) is 6. The van der Waals surface area contributed by atoms with Crippen molar-refractivity contribution in [2.75, 3.05) is 6.61 Å². The lowest BCUT2D eigenvalue weighted by atomic mass is 10.1. The Bertz CT molecular complexity index is 1040. The van der Waals surface area contributed by atoms with Gasteiger partial charge in [0.15, 0.2) is 0 Å². The first-order valence-corrected chi connectivity index (χ1v) is 9.64. The molecule has 1 unspecified atom stereocenters. The first-order chi connectivity index (χ1) is 16.8. The van der Waals surface area contributed by atoms with Gasteiger partial charge in [0.1, 0.15) is 0 Å². The molecule has 6 N–H and O–H groups in total. The topological polar surface area (TPSA) is 233 Å². The van der Waals surface area contributed by atoms with Crippen molar-refractivity contribution in [3.63, 3.8) is 0 Å². The summed E-state index contributed by atoms with van der Waals surface area (Å²) >= 11 is 0. The summed E-state index contributed by atoms with van der Waals surface area (Å²) in [6, 6.07) is 10.2. The van der Waals surface area contributed by atoms with Crippen LogP contribution in [0.2, 0.25) is 0 Å². The number of aliphatic hydroxyl groups excluding tert-OH is 2. The van der Waals surface area contributed by atoms with E-state index in [1.165, 1.54) is 49.4 Å². The highest BCUT2D eigenvalue weighted by Gasteiger charge is 2.10. The molecule has 2 aromatic rings. The van der Waals surface area contributed by atoms with E-state index in [-0.39, 0.29) is 28.9 Å². The molecule has 0 spiro atoms. The van der Waals surface area contributed by atoms with Crippen LogP contribution >= 0.6 is 0 Å². The molecule has 1 heterocycles. The Morgan fingerprint density at radius 3 is 1.19 bits per heavy atom. The maximum Gasteiger partial charge on any atom is 0.338 e.